The highest BCUT2D eigenvalue weighted by atomic mass is 16.5. The van der Waals surface area contributed by atoms with E-state index >= 15 is 0 Å². The number of rotatable bonds is 1. The van der Waals surface area contributed by atoms with E-state index in [1.165, 1.54) is 0 Å². The Kier molecular flexibility index (Phi) is 2.52. The molecule has 1 aromatic heterocycles. The van der Waals surface area contributed by atoms with E-state index in [9.17, 15) is 0 Å². The van der Waals surface area contributed by atoms with Crippen molar-refractivity contribution in [1.82, 2.24) is 15.3 Å². The second kappa shape index (κ2) is 3.81. The first kappa shape index (κ1) is 8.59. The number of nitrogens with zero attached hydrogens (tertiary/aromatic N) is 2. The summed E-state index contributed by atoms with van der Waals surface area (Å²) in [6.07, 6.45) is 3.71. The van der Waals surface area contributed by atoms with Gasteiger partial charge in [-0.3, -0.25) is 0 Å². The third-order valence-corrected chi connectivity index (χ3v) is 2.12. The summed E-state index contributed by atoms with van der Waals surface area (Å²) in [5.41, 5.74) is 1.10. The zero-order valence-electron chi connectivity index (χ0n) is 7.66. The Morgan fingerprint density at radius 1 is 1.46 bits per heavy atom. The van der Waals surface area contributed by atoms with Gasteiger partial charge in [-0.05, 0) is 6.92 Å². The monoisotopic (exact) mass is 179 g/mol. The average molecular weight is 179 g/mol. The summed E-state index contributed by atoms with van der Waals surface area (Å²) in [5.74, 6) is 0.806. The quantitative estimate of drug-likeness (QED) is 0.679. The van der Waals surface area contributed by atoms with Gasteiger partial charge < -0.3 is 10.1 Å². The molecule has 0 aromatic carbocycles. The molecule has 1 unspecified atom stereocenters. The zero-order chi connectivity index (χ0) is 9.10. The first-order chi connectivity index (χ1) is 6.36. The van der Waals surface area contributed by atoms with E-state index in [0.717, 1.165) is 24.5 Å². The van der Waals surface area contributed by atoms with Crippen molar-refractivity contribution in [3.63, 3.8) is 0 Å². The molecule has 1 aliphatic heterocycles. The molecular weight excluding hydrogens is 166 g/mol. The van der Waals surface area contributed by atoms with Crippen molar-refractivity contribution in [2.45, 2.75) is 13.0 Å². The lowest BCUT2D eigenvalue weighted by Gasteiger charge is -2.23. The molecule has 0 aliphatic carbocycles. The van der Waals surface area contributed by atoms with Crippen LogP contribution in [0.3, 0.4) is 0 Å². The second-order valence-electron chi connectivity index (χ2n) is 3.15. The number of nitrogens with one attached hydrogen (secondary N) is 1. The molecule has 4 heteroatoms. The van der Waals surface area contributed by atoms with E-state index in [-0.39, 0.29) is 6.04 Å². The maximum atomic E-state index is 5.35. The summed E-state index contributed by atoms with van der Waals surface area (Å²) in [4.78, 5) is 8.30. The molecule has 70 valence electrons. The van der Waals surface area contributed by atoms with Gasteiger partial charge in [0.15, 0.2) is 0 Å². The van der Waals surface area contributed by atoms with Gasteiger partial charge in [0.25, 0.3) is 0 Å². The molecule has 13 heavy (non-hydrogen) atoms. The van der Waals surface area contributed by atoms with Gasteiger partial charge in [-0.15, -0.1) is 0 Å². The van der Waals surface area contributed by atoms with Crippen molar-refractivity contribution in [3.05, 3.63) is 23.8 Å². The third kappa shape index (κ3) is 2.02. The van der Waals surface area contributed by atoms with Gasteiger partial charge in [-0.2, -0.15) is 0 Å². The molecule has 0 radical (unpaired) electrons. The van der Waals surface area contributed by atoms with Gasteiger partial charge in [0.2, 0.25) is 0 Å². The van der Waals surface area contributed by atoms with Crippen LogP contribution in [0.5, 0.6) is 0 Å². The number of aryl methyl sites for hydroxylation is 1. The number of ether oxygens (including phenoxy) is 1. The molecule has 0 spiro atoms. The van der Waals surface area contributed by atoms with Crippen LogP contribution in [-0.4, -0.2) is 29.7 Å². The van der Waals surface area contributed by atoms with Gasteiger partial charge >= 0.3 is 0 Å². The van der Waals surface area contributed by atoms with Crippen molar-refractivity contribution in [2.24, 2.45) is 0 Å². The number of aromatic nitrogens is 2. The lowest BCUT2D eigenvalue weighted by molar-refractivity contribution is 0.0766. The second-order valence-corrected chi connectivity index (χ2v) is 3.15. The summed E-state index contributed by atoms with van der Waals surface area (Å²) >= 11 is 0. The molecule has 1 fully saturated rings. The average Bonchev–Trinajstić information content (AvgIpc) is 2.20. The van der Waals surface area contributed by atoms with E-state index in [1.54, 1.807) is 0 Å². The van der Waals surface area contributed by atoms with Crippen LogP contribution < -0.4 is 5.32 Å². The molecular formula is C9H13N3O. The van der Waals surface area contributed by atoms with E-state index in [4.69, 9.17) is 4.74 Å². The smallest absolute Gasteiger partial charge is 0.125 e. The van der Waals surface area contributed by atoms with Crippen LogP contribution in [-0.2, 0) is 4.74 Å². The molecule has 1 aromatic rings. The molecule has 1 atom stereocenters. The normalized spacial score (nSPS) is 23.0. The highest BCUT2D eigenvalue weighted by Gasteiger charge is 2.15. The van der Waals surface area contributed by atoms with Gasteiger partial charge in [0.1, 0.15) is 5.82 Å². The van der Waals surface area contributed by atoms with E-state index in [2.05, 4.69) is 15.3 Å². The maximum Gasteiger partial charge on any atom is 0.125 e. The summed E-state index contributed by atoms with van der Waals surface area (Å²) in [7, 11) is 0. The highest BCUT2D eigenvalue weighted by Crippen LogP contribution is 2.13. The van der Waals surface area contributed by atoms with E-state index < -0.39 is 0 Å². The van der Waals surface area contributed by atoms with E-state index in [0.29, 0.717) is 6.61 Å². The highest BCUT2D eigenvalue weighted by molar-refractivity contribution is 5.11. The Hall–Kier alpha value is -1.00. The van der Waals surface area contributed by atoms with Crippen LogP contribution in [0, 0.1) is 6.92 Å². The van der Waals surface area contributed by atoms with Crippen molar-refractivity contribution >= 4 is 0 Å². The van der Waals surface area contributed by atoms with Crippen molar-refractivity contribution in [3.8, 4) is 0 Å². The van der Waals surface area contributed by atoms with Gasteiger partial charge in [0.05, 0.1) is 19.3 Å². The molecule has 1 aliphatic rings. The summed E-state index contributed by atoms with van der Waals surface area (Å²) in [6, 6.07) is 0.259. The van der Waals surface area contributed by atoms with Crippen LogP contribution in [0.25, 0.3) is 0 Å². The Morgan fingerprint density at radius 2 is 2.23 bits per heavy atom. The zero-order valence-corrected chi connectivity index (χ0v) is 7.66. The standard InChI is InChI=1S/C9H13N3O/c1-7-11-4-8(5-12-7)9-6-13-3-2-10-9/h4-5,9-10H,2-3,6H2,1H3. The third-order valence-electron chi connectivity index (χ3n) is 2.12. The van der Waals surface area contributed by atoms with Gasteiger partial charge in [0, 0.05) is 24.5 Å². The fourth-order valence-corrected chi connectivity index (χ4v) is 1.36. The van der Waals surface area contributed by atoms with Crippen LogP contribution in [0.1, 0.15) is 17.4 Å². The fraction of sp³-hybridized carbons (Fsp3) is 0.556. The Balaban J connectivity index is 2.10. The summed E-state index contributed by atoms with van der Waals surface area (Å²) < 4.78 is 5.35. The van der Waals surface area contributed by atoms with Crippen LogP contribution >= 0.6 is 0 Å². The lowest BCUT2D eigenvalue weighted by Crippen LogP contribution is -2.34. The lowest BCUT2D eigenvalue weighted by atomic mass is 10.1. The number of morpholine rings is 1. The molecule has 0 amide bonds. The molecule has 2 rings (SSSR count). The van der Waals surface area contributed by atoms with Crippen LogP contribution in [0.4, 0.5) is 0 Å². The molecule has 1 N–H and O–H groups in total. The van der Waals surface area contributed by atoms with Gasteiger partial charge in [-0.1, -0.05) is 0 Å². The van der Waals surface area contributed by atoms with Crippen LogP contribution in [0.15, 0.2) is 12.4 Å². The predicted molar refractivity (Wildman–Crippen MR) is 48.3 cm³/mol. The van der Waals surface area contributed by atoms with E-state index in [1.807, 2.05) is 19.3 Å². The first-order valence-corrected chi connectivity index (χ1v) is 4.46. The topological polar surface area (TPSA) is 47.0 Å². The Bertz CT molecular complexity index is 267. The molecule has 0 bridgehead atoms. The van der Waals surface area contributed by atoms with Crippen molar-refractivity contribution in [2.75, 3.05) is 19.8 Å². The predicted octanol–water partition coefficient (Wildman–Crippen LogP) is 0.446. The minimum absolute atomic E-state index is 0.259. The number of hydrogen-bond donors (Lipinski definition) is 1. The SMILES string of the molecule is Cc1ncc(C2COCCN2)cn1. The molecule has 2 heterocycles. The van der Waals surface area contributed by atoms with Gasteiger partial charge in [-0.25, -0.2) is 9.97 Å². The van der Waals surface area contributed by atoms with Crippen molar-refractivity contribution in [1.29, 1.82) is 0 Å². The minimum Gasteiger partial charge on any atom is -0.378 e. The first-order valence-electron chi connectivity index (χ1n) is 4.46. The fourth-order valence-electron chi connectivity index (χ4n) is 1.36. The Labute approximate surface area is 77.4 Å². The molecule has 0 saturated carbocycles. The molecule has 1 saturated heterocycles. The minimum atomic E-state index is 0.259. The Morgan fingerprint density at radius 3 is 2.85 bits per heavy atom. The summed E-state index contributed by atoms with van der Waals surface area (Å²) in [6.45, 7) is 4.29. The summed E-state index contributed by atoms with van der Waals surface area (Å²) in [5, 5.41) is 3.35. The number of hydrogen-bond acceptors (Lipinski definition) is 4. The molecule has 4 nitrogen and oxygen atoms in total. The largest absolute Gasteiger partial charge is 0.378 e. The van der Waals surface area contributed by atoms with Crippen LogP contribution in [0.2, 0.25) is 0 Å². The maximum absolute atomic E-state index is 5.35. The van der Waals surface area contributed by atoms with Crippen molar-refractivity contribution < 1.29 is 4.74 Å².